The van der Waals surface area contributed by atoms with Crippen LogP contribution in [0.1, 0.15) is 28.8 Å². The molecule has 1 aromatic heterocycles. The first kappa shape index (κ1) is 20.7. The number of alkyl halides is 3. The highest BCUT2D eigenvalue weighted by Crippen LogP contribution is 2.30. The van der Waals surface area contributed by atoms with Crippen molar-refractivity contribution in [2.24, 2.45) is 5.92 Å². The Morgan fingerprint density at radius 2 is 2.19 bits per heavy atom. The Bertz CT molecular complexity index is 745. The molecule has 3 rings (SSSR count). The van der Waals surface area contributed by atoms with E-state index in [0.29, 0.717) is 23.7 Å². The third-order valence-electron chi connectivity index (χ3n) is 4.08. The van der Waals surface area contributed by atoms with Crippen LogP contribution in [0.25, 0.3) is 0 Å². The summed E-state index contributed by atoms with van der Waals surface area (Å²) in [5, 5.41) is 6.47. The zero-order chi connectivity index (χ0) is 17.9. The number of halogens is 4. The number of piperidine rings is 1. The van der Waals surface area contributed by atoms with Gasteiger partial charge in [-0.15, -0.1) is 23.7 Å². The molecule has 2 N–H and O–H groups in total. The van der Waals surface area contributed by atoms with Crippen molar-refractivity contribution < 1.29 is 18.0 Å². The lowest BCUT2D eigenvalue weighted by molar-refractivity contribution is -0.137. The Labute approximate surface area is 159 Å². The number of carbonyl (C=O) groups excluding carboxylic acids is 1. The van der Waals surface area contributed by atoms with Gasteiger partial charge >= 0.3 is 6.18 Å². The number of aromatic nitrogens is 1. The van der Waals surface area contributed by atoms with Crippen LogP contribution in [0.4, 0.5) is 18.3 Å². The van der Waals surface area contributed by atoms with E-state index in [1.54, 1.807) is 12.3 Å². The van der Waals surface area contributed by atoms with E-state index in [1.807, 2.05) is 0 Å². The molecule has 9 heteroatoms. The maximum atomic E-state index is 12.8. The van der Waals surface area contributed by atoms with Gasteiger partial charge in [0.2, 0.25) is 5.91 Å². The molecular formula is C17H19ClF3N3OS. The molecule has 1 atom stereocenters. The largest absolute Gasteiger partial charge is 0.416 e. The van der Waals surface area contributed by atoms with Gasteiger partial charge in [-0.05, 0) is 31.0 Å². The number of nitrogens with zero attached hydrogens (tertiary/aromatic N) is 1. The van der Waals surface area contributed by atoms with E-state index in [4.69, 9.17) is 0 Å². The third-order valence-corrected chi connectivity index (χ3v) is 5.00. The topological polar surface area (TPSA) is 54.0 Å². The molecule has 1 saturated heterocycles. The summed E-state index contributed by atoms with van der Waals surface area (Å²) in [6.07, 6.45) is -0.586. The van der Waals surface area contributed by atoms with Crippen molar-refractivity contribution >= 4 is 34.8 Å². The van der Waals surface area contributed by atoms with Crippen molar-refractivity contribution in [2.75, 3.05) is 18.4 Å². The molecular weight excluding hydrogens is 387 g/mol. The van der Waals surface area contributed by atoms with Crippen LogP contribution < -0.4 is 10.6 Å². The second-order valence-corrected chi connectivity index (χ2v) is 7.15. The van der Waals surface area contributed by atoms with Crippen molar-refractivity contribution in [3.8, 4) is 0 Å². The maximum absolute atomic E-state index is 12.8. The average molecular weight is 406 g/mol. The predicted octanol–water partition coefficient (Wildman–Crippen LogP) is 4.11. The Morgan fingerprint density at radius 3 is 2.88 bits per heavy atom. The van der Waals surface area contributed by atoms with E-state index < -0.39 is 11.7 Å². The van der Waals surface area contributed by atoms with Crippen molar-refractivity contribution in [2.45, 2.75) is 25.4 Å². The maximum Gasteiger partial charge on any atom is 0.416 e. The molecule has 142 valence electrons. The Kier molecular flexibility index (Phi) is 7.02. The number of anilines is 1. The van der Waals surface area contributed by atoms with Gasteiger partial charge in [-0.2, -0.15) is 13.2 Å². The van der Waals surface area contributed by atoms with Gasteiger partial charge in [0.25, 0.3) is 0 Å². The smallest absolute Gasteiger partial charge is 0.316 e. The summed E-state index contributed by atoms with van der Waals surface area (Å²) in [6, 6.07) is 5.25. The van der Waals surface area contributed by atoms with Crippen molar-refractivity contribution in [3.05, 3.63) is 46.5 Å². The van der Waals surface area contributed by atoms with E-state index in [9.17, 15) is 18.0 Å². The fourth-order valence-electron chi connectivity index (χ4n) is 2.79. The molecule has 1 unspecified atom stereocenters. The molecule has 1 fully saturated rings. The highest BCUT2D eigenvalue weighted by molar-refractivity contribution is 7.15. The monoisotopic (exact) mass is 405 g/mol. The summed E-state index contributed by atoms with van der Waals surface area (Å²) in [6.45, 7) is 1.59. The fourth-order valence-corrected chi connectivity index (χ4v) is 3.64. The number of thiazole rings is 1. The van der Waals surface area contributed by atoms with Gasteiger partial charge in [-0.25, -0.2) is 4.98 Å². The molecule has 4 nitrogen and oxygen atoms in total. The molecule has 2 heterocycles. The summed E-state index contributed by atoms with van der Waals surface area (Å²) in [5.41, 5.74) is -0.0966. The number of hydrogen-bond acceptors (Lipinski definition) is 4. The summed E-state index contributed by atoms with van der Waals surface area (Å²) in [4.78, 5) is 17.1. The third kappa shape index (κ3) is 5.43. The second kappa shape index (κ2) is 8.83. The van der Waals surface area contributed by atoms with E-state index in [-0.39, 0.29) is 24.2 Å². The molecule has 0 aliphatic carbocycles. The van der Waals surface area contributed by atoms with Gasteiger partial charge in [-0.1, -0.05) is 18.2 Å². The van der Waals surface area contributed by atoms with Gasteiger partial charge in [-0.3, -0.25) is 4.79 Å². The van der Waals surface area contributed by atoms with Gasteiger partial charge in [0.05, 0.1) is 11.5 Å². The zero-order valence-corrected chi connectivity index (χ0v) is 15.4. The Balaban J connectivity index is 0.00000243. The summed E-state index contributed by atoms with van der Waals surface area (Å²) < 4.78 is 38.3. The van der Waals surface area contributed by atoms with Gasteiger partial charge < -0.3 is 10.6 Å². The number of carbonyl (C=O) groups is 1. The first-order chi connectivity index (χ1) is 11.9. The molecule has 2 aromatic rings. The van der Waals surface area contributed by atoms with Crippen molar-refractivity contribution in [1.29, 1.82) is 0 Å². The minimum Gasteiger partial charge on any atom is -0.316 e. The number of benzene rings is 1. The van der Waals surface area contributed by atoms with Gasteiger partial charge in [0.1, 0.15) is 0 Å². The average Bonchev–Trinajstić information content (AvgIpc) is 3.02. The predicted molar refractivity (Wildman–Crippen MR) is 97.8 cm³/mol. The number of rotatable bonds is 4. The van der Waals surface area contributed by atoms with E-state index in [0.717, 1.165) is 36.4 Å². The molecule has 1 aliphatic heterocycles. The first-order valence-electron chi connectivity index (χ1n) is 8.04. The van der Waals surface area contributed by atoms with E-state index in [1.165, 1.54) is 17.4 Å². The lowest BCUT2D eigenvalue weighted by Gasteiger charge is -2.21. The van der Waals surface area contributed by atoms with Gasteiger partial charge in [0.15, 0.2) is 5.13 Å². The van der Waals surface area contributed by atoms with Crippen LogP contribution in [0.15, 0.2) is 30.5 Å². The summed E-state index contributed by atoms with van der Waals surface area (Å²) >= 11 is 1.29. The minimum absolute atomic E-state index is 0. The zero-order valence-electron chi connectivity index (χ0n) is 13.8. The normalized spacial score (nSPS) is 17.4. The summed E-state index contributed by atoms with van der Waals surface area (Å²) in [7, 11) is 0. The molecule has 0 saturated carbocycles. The molecule has 0 radical (unpaired) electrons. The van der Waals surface area contributed by atoms with Crippen LogP contribution in [0.3, 0.4) is 0 Å². The molecule has 0 spiro atoms. The highest BCUT2D eigenvalue weighted by atomic mass is 35.5. The van der Waals surface area contributed by atoms with Crippen LogP contribution in [0.5, 0.6) is 0 Å². The van der Waals surface area contributed by atoms with Crippen LogP contribution >= 0.6 is 23.7 Å². The number of hydrogen-bond donors (Lipinski definition) is 2. The lowest BCUT2D eigenvalue weighted by Crippen LogP contribution is -2.37. The minimum atomic E-state index is -4.35. The standard InChI is InChI=1S/C17H18F3N3OS.ClH/c18-17(19,20)13-5-1-3-11(7-13)8-14-10-22-16(25-14)23-15(24)12-4-2-6-21-9-12;/h1,3,5,7,10,12,21H,2,4,6,8-9H2,(H,22,23,24);1H. The Morgan fingerprint density at radius 1 is 1.38 bits per heavy atom. The number of amides is 1. The van der Waals surface area contributed by atoms with Crippen LogP contribution in [0, 0.1) is 5.92 Å². The molecule has 0 bridgehead atoms. The lowest BCUT2D eigenvalue weighted by atomic mass is 9.99. The fraction of sp³-hybridized carbons (Fsp3) is 0.412. The molecule has 1 amide bonds. The number of nitrogens with one attached hydrogen (secondary N) is 2. The van der Waals surface area contributed by atoms with Crippen LogP contribution in [-0.2, 0) is 17.4 Å². The summed E-state index contributed by atoms with van der Waals surface area (Å²) in [5.74, 6) is -0.128. The SMILES string of the molecule is Cl.O=C(Nc1ncc(Cc2cccc(C(F)(F)F)c2)s1)C1CCCNC1. The van der Waals surface area contributed by atoms with Gasteiger partial charge in [0, 0.05) is 24.0 Å². The van der Waals surface area contributed by atoms with Crippen LogP contribution in [0.2, 0.25) is 0 Å². The highest BCUT2D eigenvalue weighted by Gasteiger charge is 2.30. The van der Waals surface area contributed by atoms with E-state index >= 15 is 0 Å². The van der Waals surface area contributed by atoms with Crippen molar-refractivity contribution in [3.63, 3.8) is 0 Å². The first-order valence-corrected chi connectivity index (χ1v) is 8.86. The van der Waals surface area contributed by atoms with Crippen molar-refractivity contribution in [1.82, 2.24) is 10.3 Å². The second-order valence-electron chi connectivity index (χ2n) is 6.04. The Hall–Kier alpha value is -1.64. The molecule has 26 heavy (non-hydrogen) atoms. The van der Waals surface area contributed by atoms with Crippen LogP contribution in [-0.4, -0.2) is 24.0 Å². The molecule has 1 aromatic carbocycles. The van der Waals surface area contributed by atoms with E-state index in [2.05, 4.69) is 15.6 Å². The quantitative estimate of drug-likeness (QED) is 0.804. The molecule has 1 aliphatic rings.